The minimum absolute atomic E-state index is 0.0766. The number of likely N-dealkylation sites (tertiary alicyclic amines) is 1. The van der Waals surface area contributed by atoms with Crippen molar-refractivity contribution < 1.29 is 4.79 Å². The highest BCUT2D eigenvalue weighted by atomic mass is 35.5. The van der Waals surface area contributed by atoms with E-state index in [1.54, 1.807) is 6.20 Å². The number of hydrogen-bond acceptors (Lipinski definition) is 3. The lowest BCUT2D eigenvalue weighted by Gasteiger charge is -2.26. The van der Waals surface area contributed by atoms with Gasteiger partial charge in [-0.05, 0) is 43.4 Å². The summed E-state index contributed by atoms with van der Waals surface area (Å²) in [4.78, 5) is 16.8. The van der Waals surface area contributed by atoms with Gasteiger partial charge in [-0.3, -0.25) is 4.90 Å². The van der Waals surface area contributed by atoms with E-state index in [1.807, 2.05) is 23.1 Å². The Labute approximate surface area is 163 Å². The summed E-state index contributed by atoms with van der Waals surface area (Å²) >= 11 is 12.2. The second-order valence-electron chi connectivity index (χ2n) is 7.44. The average Bonchev–Trinajstić information content (AvgIpc) is 3.30. The molecule has 1 aliphatic heterocycles. The highest BCUT2D eigenvalue weighted by Gasteiger charge is 2.43. The molecule has 138 valence electrons. The Hall–Kier alpha value is -1.56. The first-order chi connectivity index (χ1) is 12.5. The van der Waals surface area contributed by atoms with Crippen LogP contribution in [0.4, 0.5) is 4.79 Å². The monoisotopic (exact) mass is 392 g/mol. The Balaban J connectivity index is 1.34. The van der Waals surface area contributed by atoms with Gasteiger partial charge in [0.15, 0.2) is 0 Å². The lowest BCUT2D eigenvalue weighted by atomic mass is 10.0. The fourth-order valence-electron chi connectivity index (χ4n) is 4.36. The van der Waals surface area contributed by atoms with Crippen LogP contribution in [-0.2, 0) is 6.54 Å². The summed E-state index contributed by atoms with van der Waals surface area (Å²) in [5.74, 6) is 1.12. The molecule has 4 rings (SSSR count). The number of amides is 1. The van der Waals surface area contributed by atoms with E-state index < -0.39 is 0 Å². The Morgan fingerprint density at radius 3 is 2.54 bits per heavy atom. The van der Waals surface area contributed by atoms with Gasteiger partial charge >= 0.3 is 6.03 Å². The quantitative estimate of drug-likeness (QED) is 0.792. The fraction of sp³-hybridized carbons (Fsp3) is 0.474. The van der Waals surface area contributed by atoms with Gasteiger partial charge in [-0.25, -0.2) is 4.79 Å². The molecular formula is C19H22Cl2N4O. The van der Waals surface area contributed by atoms with Crippen LogP contribution in [0.25, 0.3) is 0 Å². The topological polar surface area (TPSA) is 41.4 Å². The highest BCUT2D eigenvalue weighted by Crippen LogP contribution is 2.40. The van der Waals surface area contributed by atoms with E-state index in [-0.39, 0.29) is 6.03 Å². The molecule has 2 fully saturated rings. The van der Waals surface area contributed by atoms with Gasteiger partial charge in [0, 0.05) is 30.7 Å². The van der Waals surface area contributed by atoms with Crippen molar-refractivity contribution in [1.82, 2.24) is 19.6 Å². The zero-order valence-corrected chi connectivity index (χ0v) is 16.2. The summed E-state index contributed by atoms with van der Waals surface area (Å²) in [6.45, 7) is 2.47. The van der Waals surface area contributed by atoms with Crippen molar-refractivity contribution in [1.29, 1.82) is 0 Å². The molecule has 0 N–H and O–H groups in total. The largest absolute Gasteiger partial charge is 0.344 e. The second kappa shape index (κ2) is 7.22. The van der Waals surface area contributed by atoms with E-state index in [9.17, 15) is 4.79 Å². The minimum atomic E-state index is -0.0766. The van der Waals surface area contributed by atoms with Crippen LogP contribution < -0.4 is 0 Å². The first-order valence-electron chi connectivity index (χ1n) is 8.94. The van der Waals surface area contributed by atoms with E-state index in [4.69, 9.17) is 23.2 Å². The molecule has 1 aliphatic carbocycles. The van der Waals surface area contributed by atoms with Crippen molar-refractivity contribution in [3.05, 3.63) is 52.3 Å². The van der Waals surface area contributed by atoms with Crippen molar-refractivity contribution in [3.63, 3.8) is 0 Å². The van der Waals surface area contributed by atoms with Gasteiger partial charge in [0.05, 0.1) is 17.4 Å². The molecule has 5 nitrogen and oxygen atoms in total. The van der Waals surface area contributed by atoms with Gasteiger partial charge < -0.3 is 4.90 Å². The molecule has 2 unspecified atom stereocenters. The number of fused-ring (bicyclic) bond motifs is 1. The first-order valence-corrected chi connectivity index (χ1v) is 9.70. The number of carbonyl (C=O) groups is 1. The molecule has 2 aliphatic rings. The fourth-order valence-corrected chi connectivity index (χ4v) is 4.69. The Morgan fingerprint density at radius 2 is 1.92 bits per heavy atom. The molecule has 1 saturated heterocycles. The third kappa shape index (κ3) is 3.48. The van der Waals surface area contributed by atoms with Gasteiger partial charge in [-0.15, -0.1) is 0 Å². The van der Waals surface area contributed by atoms with Crippen LogP contribution in [0.15, 0.2) is 36.7 Å². The van der Waals surface area contributed by atoms with Crippen LogP contribution in [0.3, 0.4) is 0 Å². The van der Waals surface area contributed by atoms with E-state index in [0.717, 1.165) is 37.5 Å². The van der Waals surface area contributed by atoms with Crippen molar-refractivity contribution in [2.24, 2.45) is 11.8 Å². The number of carbonyl (C=O) groups excluding carboxylic acids is 1. The molecular weight excluding hydrogens is 371 g/mol. The van der Waals surface area contributed by atoms with Crippen LogP contribution >= 0.6 is 23.2 Å². The SMILES string of the molecule is CN(Cc1ccccc1Cl)C1CC2CN(C(=O)n3cc(Cl)cn3)CC2C1. The molecule has 1 aromatic carbocycles. The number of hydrogen-bond donors (Lipinski definition) is 0. The molecule has 2 heterocycles. The van der Waals surface area contributed by atoms with E-state index >= 15 is 0 Å². The molecule has 1 aromatic heterocycles. The van der Waals surface area contributed by atoms with E-state index in [1.165, 1.54) is 16.4 Å². The summed E-state index contributed by atoms with van der Waals surface area (Å²) in [6.07, 6.45) is 5.30. The molecule has 0 spiro atoms. The van der Waals surface area contributed by atoms with Crippen molar-refractivity contribution in [2.75, 3.05) is 20.1 Å². The Morgan fingerprint density at radius 1 is 1.23 bits per heavy atom. The van der Waals surface area contributed by atoms with Crippen LogP contribution in [0, 0.1) is 11.8 Å². The minimum Gasteiger partial charge on any atom is -0.322 e. The van der Waals surface area contributed by atoms with Crippen LogP contribution in [0.2, 0.25) is 10.0 Å². The molecule has 0 bridgehead atoms. The third-order valence-electron chi connectivity index (χ3n) is 5.74. The summed E-state index contributed by atoms with van der Waals surface area (Å²) in [5.41, 5.74) is 1.17. The normalized spacial score (nSPS) is 25.1. The predicted molar refractivity (Wildman–Crippen MR) is 103 cm³/mol. The van der Waals surface area contributed by atoms with Gasteiger partial charge in [0.25, 0.3) is 0 Å². The smallest absolute Gasteiger partial charge is 0.322 e. The zero-order valence-electron chi connectivity index (χ0n) is 14.7. The van der Waals surface area contributed by atoms with Crippen molar-refractivity contribution in [2.45, 2.75) is 25.4 Å². The number of aromatic nitrogens is 2. The van der Waals surface area contributed by atoms with Gasteiger partial charge in [0.2, 0.25) is 0 Å². The second-order valence-corrected chi connectivity index (χ2v) is 8.29. The van der Waals surface area contributed by atoms with Crippen molar-refractivity contribution >= 4 is 29.2 Å². The van der Waals surface area contributed by atoms with Gasteiger partial charge in [-0.1, -0.05) is 41.4 Å². The maximum Gasteiger partial charge on any atom is 0.344 e. The summed E-state index contributed by atoms with van der Waals surface area (Å²) < 4.78 is 1.34. The molecule has 2 aromatic rings. The number of halogens is 2. The van der Waals surface area contributed by atoms with Gasteiger partial charge in [0.1, 0.15) is 0 Å². The number of nitrogens with zero attached hydrogens (tertiary/aromatic N) is 4. The van der Waals surface area contributed by atoms with E-state index in [2.05, 4.69) is 23.1 Å². The van der Waals surface area contributed by atoms with Crippen LogP contribution in [-0.4, -0.2) is 51.8 Å². The highest BCUT2D eigenvalue weighted by molar-refractivity contribution is 6.31. The number of rotatable bonds is 3. The molecule has 2 atom stereocenters. The predicted octanol–water partition coefficient (Wildman–Crippen LogP) is 4.00. The molecule has 0 radical (unpaired) electrons. The Bertz CT molecular complexity index is 794. The van der Waals surface area contributed by atoms with E-state index in [0.29, 0.717) is 22.9 Å². The standard InChI is InChI=1S/C19H22Cl2N4O/c1-23(9-13-4-2-3-5-18(13)21)17-6-14-10-24(11-15(14)7-17)19(26)25-12-16(20)8-22-25/h2-5,8,12,14-15,17H,6-7,9-11H2,1H3. The van der Waals surface area contributed by atoms with Crippen LogP contribution in [0.5, 0.6) is 0 Å². The summed E-state index contributed by atoms with van der Waals surface area (Å²) in [5, 5.41) is 5.34. The zero-order chi connectivity index (χ0) is 18.3. The summed E-state index contributed by atoms with van der Waals surface area (Å²) in [7, 11) is 2.17. The Kier molecular flexibility index (Phi) is 4.95. The first kappa shape index (κ1) is 17.8. The molecule has 1 saturated carbocycles. The lowest BCUT2D eigenvalue weighted by Crippen LogP contribution is -2.36. The maximum atomic E-state index is 12.5. The van der Waals surface area contributed by atoms with Crippen molar-refractivity contribution in [3.8, 4) is 0 Å². The number of benzene rings is 1. The molecule has 7 heteroatoms. The third-order valence-corrected chi connectivity index (χ3v) is 6.31. The van der Waals surface area contributed by atoms with Gasteiger partial charge in [-0.2, -0.15) is 9.78 Å². The summed E-state index contributed by atoms with van der Waals surface area (Å²) in [6, 6.07) is 8.49. The van der Waals surface area contributed by atoms with Crippen LogP contribution in [0.1, 0.15) is 18.4 Å². The molecule has 1 amide bonds. The lowest BCUT2D eigenvalue weighted by molar-refractivity contribution is 0.192. The molecule has 26 heavy (non-hydrogen) atoms. The average molecular weight is 393 g/mol. The maximum absolute atomic E-state index is 12.5.